The third kappa shape index (κ3) is 4.20. The minimum Gasteiger partial charge on any atom is -0.352 e. The largest absolute Gasteiger partial charge is 0.352 e. The predicted molar refractivity (Wildman–Crippen MR) is 91.0 cm³/mol. The maximum absolute atomic E-state index is 14.0. The maximum atomic E-state index is 14.0. The minimum atomic E-state index is -0.830. The van der Waals surface area contributed by atoms with Crippen molar-refractivity contribution in [3.05, 3.63) is 65.0 Å². The van der Waals surface area contributed by atoms with Crippen LogP contribution in [0.1, 0.15) is 28.0 Å². The quantitative estimate of drug-likeness (QED) is 0.906. The summed E-state index contributed by atoms with van der Waals surface area (Å²) in [5.74, 6) is -2.05. The lowest BCUT2D eigenvalue weighted by Crippen LogP contribution is -2.32. The van der Waals surface area contributed by atoms with Crippen LogP contribution >= 0.6 is 0 Å². The van der Waals surface area contributed by atoms with Crippen molar-refractivity contribution in [2.45, 2.75) is 19.9 Å². The number of rotatable bonds is 5. The maximum Gasteiger partial charge on any atom is 0.257 e. The van der Waals surface area contributed by atoms with Gasteiger partial charge in [-0.15, -0.1) is 0 Å². The number of pyridine rings is 1. The Bertz CT molecular complexity index is 752. The summed E-state index contributed by atoms with van der Waals surface area (Å²) in [5, 5.41) is 2.67. The van der Waals surface area contributed by atoms with Gasteiger partial charge < -0.3 is 5.32 Å². The summed E-state index contributed by atoms with van der Waals surface area (Å²) in [6.07, 6.45) is 2.71. The van der Waals surface area contributed by atoms with Crippen LogP contribution in [-0.2, 0) is 6.54 Å². The Hall–Kier alpha value is -2.34. The predicted octanol–water partition coefficient (Wildman–Crippen LogP) is 2.92. The summed E-state index contributed by atoms with van der Waals surface area (Å²) >= 11 is 0. The molecule has 0 aliphatic carbocycles. The molecule has 6 heteroatoms. The molecule has 1 N–H and O–H groups in total. The molecule has 1 amide bonds. The Labute approximate surface area is 145 Å². The van der Waals surface area contributed by atoms with Crippen molar-refractivity contribution >= 4 is 5.91 Å². The molecule has 1 fully saturated rings. The molecule has 25 heavy (non-hydrogen) atoms. The molecule has 2 aromatic rings. The normalized spacial score (nSPS) is 17.6. The Morgan fingerprint density at radius 2 is 2.16 bits per heavy atom. The van der Waals surface area contributed by atoms with E-state index in [9.17, 15) is 13.6 Å². The van der Waals surface area contributed by atoms with Crippen molar-refractivity contribution in [3.8, 4) is 0 Å². The molecule has 0 saturated carbocycles. The molecule has 1 aliphatic rings. The first kappa shape index (κ1) is 17.5. The Balaban J connectivity index is 1.53. The number of aromatic nitrogens is 1. The fourth-order valence-corrected chi connectivity index (χ4v) is 3.13. The lowest BCUT2D eigenvalue weighted by molar-refractivity contribution is 0.0938. The molecule has 1 saturated heterocycles. The van der Waals surface area contributed by atoms with Crippen LogP contribution in [0.3, 0.4) is 0 Å². The Kier molecular flexibility index (Phi) is 5.38. The molecule has 1 atom stereocenters. The van der Waals surface area contributed by atoms with E-state index in [2.05, 4.69) is 15.2 Å². The van der Waals surface area contributed by atoms with E-state index in [1.807, 2.05) is 18.2 Å². The molecule has 0 unspecified atom stereocenters. The summed E-state index contributed by atoms with van der Waals surface area (Å²) in [4.78, 5) is 18.7. The van der Waals surface area contributed by atoms with Gasteiger partial charge in [0.1, 0.15) is 17.2 Å². The van der Waals surface area contributed by atoms with Crippen molar-refractivity contribution in [2.75, 3.05) is 19.6 Å². The van der Waals surface area contributed by atoms with Gasteiger partial charge in [0.15, 0.2) is 0 Å². The number of aryl methyl sites for hydroxylation is 1. The average Bonchev–Trinajstić information content (AvgIpc) is 3.05. The number of carbonyl (C=O) groups is 1. The van der Waals surface area contributed by atoms with E-state index in [4.69, 9.17) is 0 Å². The van der Waals surface area contributed by atoms with Crippen molar-refractivity contribution in [1.82, 2.24) is 15.2 Å². The summed E-state index contributed by atoms with van der Waals surface area (Å²) < 4.78 is 27.8. The van der Waals surface area contributed by atoms with Gasteiger partial charge in [0.25, 0.3) is 5.91 Å². The number of likely N-dealkylation sites (tertiary alicyclic amines) is 1. The van der Waals surface area contributed by atoms with Crippen LogP contribution in [-0.4, -0.2) is 35.4 Å². The van der Waals surface area contributed by atoms with Crippen molar-refractivity contribution in [3.63, 3.8) is 0 Å². The molecule has 0 bridgehead atoms. The van der Waals surface area contributed by atoms with E-state index in [1.54, 1.807) is 6.20 Å². The van der Waals surface area contributed by atoms with Crippen LogP contribution in [0.25, 0.3) is 0 Å². The molecule has 1 aliphatic heterocycles. The third-order valence-corrected chi connectivity index (χ3v) is 4.54. The van der Waals surface area contributed by atoms with Crippen LogP contribution < -0.4 is 5.32 Å². The molecule has 132 valence electrons. The van der Waals surface area contributed by atoms with Crippen molar-refractivity contribution in [2.24, 2.45) is 5.92 Å². The standard InChI is InChI=1S/C19H21F2N3O/c1-13-5-6-16(20)17(18(13)21)19(25)23-10-14-7-9-24(11-14)12-15-4-2-3-8-22-15/h2-6,8,14H,7,9-12H2,1H3,(H,23,25)/t14-/m1/s1. The molecule has 3 rings (SSSR count). The number of carbonyl (C=O) groups excluding carboxylic acids is 1. The summed E-state index contributed by atoms with van der Waals surface area (Å²) in [6.45, 7) is 4.44. The molecule has 0 radical (unpaired) electrons. The van der Waals surface area contributed by atoms with Crippen molar-refractivity contribution in [1.29, 1.82) is 0 Å². The second-order valence-electron chi connectivity index (χ2n) is 6.47. The number of hydrogen-bond acceptors (Lipinski definition) is 3. The van der Waals surface area contributed by atoms with E-state index in [0.717, 1.165) is 37.8 Å². The van der Waals surface area contributed by atoms with Gasteiger partial charge >= 0.3 is 0 Å². The van der Waals surface area contributed by atoms with E-state index in [1.165, 1.54) is 13.0 Å². The summed E-state index contributed by atoms with van der Waals surface area (Å²) in [6, 6.07) is 8.28. The first-order valence-corrected chi connectivity index (χ1v) is 8.39. The van der Waals surface area contributed by atoms with Gasteiger partial charge in [-0.1, -0.05) is 12.1 Å². The first-order chi connectivity index (χ1) is 12.0. The van der Waals surface area contributed by atoms with Gasteiger partial charge in [-0.2, -0.15) is 0 Å². The minimum absolute atomic E-state index is 0.258. The topological polar surface area (TPSA) is 45.2 Å². The van der Waals surface area contributed by atoms with E-state index in [-0.39, 0.29) is 11.5 Å². The van der Waals surface area contributed by atoms with Crippen LogP contribution in [0.4, 0.5) is 8.78 Å². The van der Waals surface area contributed by atoms with Gasteiger partial charge in [-0.25, -0.2) is 8.78 Å². The molecule has 0 spiro atoms. The molecule has 1 aromatic heterocycles. The van der Waals surface area contributed by atoms with Gasteiger partial charge in [-0.3, -0.25) is 14.7 Å². The average molecular weight is 345 g/mol. The number of benzene rings is 1. The Morgan fingerprint density at radius 1 is 1.32 bits per heavy atom. The molecule has 2 heterocycles. The zero-order valence-electron chi connectivity index (χ0n) is 14.1. The monoisotopic (exact) mass is 345 g/mol. The highest BCUT2D eigenvalue weighted by atomic mass is 19.1. The molecule has 4 nitrogen and oxygen atoms in total. The van der Waals surface area contributed by atoms with Crippen LogP contribution in [0.15, 0.2) is 36.5 Å². The lowest BCUT2D eigenvalue weighted by atomic mass is 10.1. The van der Waals surface area contributed by atoms with Gasteiger partial charge in [0, 0.05) is 25.8 Å². The highest BCUT2D eigenvalue weighted by Gasteiger charge is 2.25. The lowest BCUT2D eigenvalue weighted by Gasteiger charge is -2.16. The van der Waals surface area contributed by atoms with E-state index >= 15 is 0 Å². The number of amides is 1. The second kappa shape index (κ2) is 7.70. The smallest absolute Gasteiger partial charge is 0.257 e. The SMILES string of the molecule is Cc1ccc(F)c(C(=O)NC[C@H]2CCN(Cc3ccccn3)C2)c1F. The molecular weight excluding hydrogens is 324 g/mol. The number of nitrogens with one attached hydrogen (secondary N) is 1. The zero-order valence-corrected chi connectivity index (χ0v) is 14.1. The third-order valence-electron chi connectivity index (χ3n) is 4.54. The highest BCUT2D eigenvalue weighted by molar-refractivity contribution is 5.95. The van der Waals surface area contributed by atoms with Gasteiger partial charge in [0.05, 0.1) is 5.69 Å². The van der Waals surface area contributed by atoms with E-state index in [0.29, 0.717) is 6.54 Å². The number of halogens is 2. The van der Waals surface area contributed by atoms with Gasteiger partial charge in [-0.05, 0) is 49.6 Å². The second-order valence-corrected chi connectivity index (χ2v) is 6.47. The zero-order chi connectivity index (χ0) is 17.8. The highest BCUT2D eigenvalue weighted by Crippen LogP contribution is 2.19. The van der Waals surface area contributed by atoms with E-state index < -0.39 is 23.1 Å². The molecular formula is C19H21F2N3O. The Morgan fingerprint density at radius 3 is 2.92 bits per heavy atom. The summed E-state index contributed by atoms with van der Waals surface area (Å²) in [5.41, 5.74) is 0.772. The summed E-state index contributed by atoms with van der Waals surface area (Å²) in [7, 11) is 0. The fraction of sp³-hybridized carbons (Fsp3) is 0.368. The number of hydrogen-bond donors (Lipinski definition) is 1. The first-order valence-electron chi connectivity index (χ1n) is 8.39. The number of nitrogens with zero attached hydrogens (tertiary/aromatic N) is 2. The van der Waals surface area contributed by atoms with Crippen LogP contribution in [0.5, 0.6) is 0 Å². The van der Waals surface area contributed by atoms with Crippen LogP contribution in [0, 0.1) is 24.5 Å². The fourth-order valence-electron chi connectivity index (χ4n) is 3.13. The molecule has 1 aromatic carbocycles. The van der Waals surface area contributed by atoms with Crippen molar-refractivity contribution < 1.29 is 13.6 Å². The van der Waals surface area contributed by atoms with Gasteiger partial charge in [0.2, 0.25) is 0 Å². The van der Waals surface area contributed by atoms with Crippen LogP contribution in [0.2, 0.25) is 0 Å².